The van der Waals surface area contributed by atoms with Crippen LogP contribution in [0.15, 0.2) is 35.3 Å². The number of hydrogen-bond acceptors (Lipinski definition) is 6. The molecular formula is C24H24ClF2N5O3. The number of halogens is 3. The molecule has 184 valence electrons. The maximum absolute atomic E-state index is 13.9. The van der Waals surface area contributed by atoms with Crippen LogP contribution in [0.3, 0.4) is 0 Å². The van der Waals surface area contributed by atoms with Gasteiger partial charge in [0.2, 0.25) is 5.95 Å². The number of benzene rings is 1. The van der Waals surface area contributed by atoms with Crippen molar-refractivity contribution in [2.24, 2.45) is 13.0 Å². The second-order valence-electron chi connectivity index (χ2n) is 9.07. The van der Waals surface area contributed by atoms with Gasteiger partial charge >= 0.3 is 0 Å². The number of ether oxygens (including phenoxy) is 1. The first-order chi connectivity index (χ1) is 16.7. The molecule has 1 aromatic carbocycles. The lowest BCUT2D eigenvalue weighted by molar-refractivity contribution is -0.122. The smallest absolute Gasteiger partial charge is 0.293 e. The summed E-state index contributed by atoms with van der Waals surface area (Å²) in [6, 6.07) is 6.95. The first-order valence-electron chi connectivity index (χ1n) is 11.3. The molecule has 1 aliphatic carbocycles. The monoisotopic (exact) mass is 503 g/mol. The van der Waals surface area contributed by atoms with E-state index in [0.29, 0.717) is 35.0 Å². The van der Waals surface area contributed by atoms with Crippen LogP contribution >= 0.6 is 11.6 Å². The lowest BCUT2D eigenvalue weighted by Gasteiger charge is -2.31. The molecule has 1 N–H and O–H groups in total. The highest BCUT2D eigenvalue weighted by Crippen LogP contribution is 2.49. The second kappa shape index (κ2) is 8.75. The molecule has 2 bridgehead atoms. The summed E-state index contributed by atoms with van der Waals surface area (Å²) in [6.07, 6.45) is 2.17. The molecule has 1 aliphatic heterocycles. The minimum Gasteiger partial charge on any atom is -0.478 e. The Bertz CT molecular complexity index is 1380. The van der Waals surface area contributed by atoms with Crippen molar-refractivity contribution < 1.29 is 18.3 Å². The predicted molar refractivity (Wildman–Crippen MR) is 127 cm³/mol. The van der Waals surface area contributed by atoms with Gasteiger partial charge in [-0.1, -0.05) is 17.7 Å². The minimum absolute atomic E-state index is 0.0731. The number of carbonyl (C=O) groups is 1. The summed E-state index contributed by atoms with van der Waals surface area (Å²) >= 11 is 6.38. The first kappa shape index (κ1) is 23.5. The van der Waals surface area contributed by atoms with Gasteiger partial charge in [-0.15, -0.1) is 0 Å². The van der Waals surface area contributed by atoms with Crippen LogP contribution in [0, 0.1) is 5.92 Å². The van der Waals surface area contributed by atoms with Crippen molar-refractivity contribution in [1.82, 2.24) is 19.9 Å². The van der Waals surface area contributed by atoms with E-state index in [1.165, 1.54) is 17.8 Å². The number of aryl methyl sites for hydroxylation is 1. The lowest BCUT2D eigenvalue weighted by atomic mass is 10.1. The molecule has 1 saturated heterocycles. The summed E-state index contributed by atoms with van der Waals surface area (Å²) in [4.78, 5) is 34.9. The summed E-state index contributed by atoms with van der Waals surface area (Å²) in [7, 11) is 3.13. The zero-order chi connectivity index (χ0) is 24.9. The Morgan fingerprint density at radius 3 is 2.83 bits per heavy atom. The van der Waals surface area contributed by atoms with Crippen molar-refractivity contribution in [3.63, 3.8) is 0 Å². The second-order valence-corrected chi connectivity index (χ2v) is 9.48. The maximum atomic E-state index is 13.9. The van der Waals surface area contributed by atoms with Gasteiger partial charge in [0.25, 0.3) is 17.4 Å². The van der Waals surface area contributed by atoms with E-state index < -0.39 is 11.8 Å². The molecule has 2 unspecified atom stereocenters. The number of likely N-dealkylation sites (N-methyl/N-ethyl adjacent to an activating group) is 1. The van der Waals surface area contributed by atoms with Crippen LogP contribution in [-0.2, 0) is 18.3 Å². The van der Waals surface area contributed by atoms with Gasteiger partial charge in [0.1, 0.15) is 0 Å². The van der Waals surface area contributed by atoms with E-state index in [-0.39, 0.29) is 42.8 Å². The van der Waals surface area contributed by atoms with Crippen LogP contribution in [0.5, 0.6) is 5.75 Å². The van der Waals surface area contributed by atoms with Crippen LogP contribution in [0.2, 0.25) is 5.02 Å². The third kappa shape index (κ3) is 4.31. The standard InChI is InChI=1S/C24H24ClF2N5O3/c1-28-21(33)12-35-20-7-14-5-13(3-4-19(14)31(2)22(20)34)6-18-17(25)10-29-23(30-18)32-11-15-8-16(32)9-24(15,26)27/h3-5,7,10,15-16H,6,8-9,11-12H2,1-2H3,(H,28,33). The van der Waals surface area contributed by atoms with Crippen molar-refractivity contribution in [1.29, 1.82) is 0 Å². The molecule has 35 heavy (non-hydrogen) atoms. The number of piperidine rings is 1. The van der Waals surface area contributed by atoms with E-state index in [2.05, 4.69) is 15.3 Å². The highest BCUT2D eigenvalue weighted by atomic mass is 35.5. The lowest BCUT2D eigenvalue weighted by Crippen LogP contribution is -2.41. The van der Waals surface area contributed by atoms with E-state index in [1.807, 2.05) is 23.1 Å². The number of rotatable bonds is 6. The normalized spacial score (nSPS) is 20.4. The number of anilines is 1. The minimum atomic E-state index is -2.62. The van der Waals surface area contributed by atoms with E-state index in [0.717, 1.165) is 10.9 Å². The van der Waals surface area contributed by atoms with Gasteiger partial charge in [-0.25, -0.2) is 18.7 Å². The van der Waals surface area contributed by atoms with E-state index >= 15 is 0 Å². The topological polar surface area (TPSA) is 89.3 Å². The van der Waals surface area contributed by atoms with Crippen molar-refractivity contribution in [2.45, 2.75) is 31.2 Å². The number of fused-ring (bicyclic) bond motifs is 3. The van der Waals surface area contributed by atoms with Crippen LogP contribution < -0.4 is 20.5 Å². The van der Waals surface area contributed by atoms with Crippen LogP contribution in [-0.4, -0.2) is 52.6 Å². The third-order valence-corrected chi connectivity index (χ3v) is 7.16. The van der Waals surface area contributed by atoms with Crippen LogP contribution in [0.1, 0.15) is 24.1 Å². The molecule has 1 saturated carbocycles. The predicted octanol–water partition coefficient (Wildman–Crippen LogP) is 2.93. The fourth-order valence-electron chi connectivity index (χ4n) is 4.92. The summed E-state index contributed by atoms with van der Waals surface area (Å²) in [5, 5.41) is 3.59. The molecule has 5 rings (SSSR count). The number of alkyl halides is 2. The quantitative estimate of drug-likeness (QED) is 0.556. The summed E-state index contributed by atoms with van der Waals surface area (Å²) < 4.78 is 34.8. The molecule has 8 nitrogen and oxygen atoms in total. The number of carbonyl (C=O) groups excluding carboxylic acids is 1. The third-order valence-electron chi connectivity index (χ3n) is 6.84. The summed E-state index contributed by atoms with van der Waals surface area (Å²) in [5.41, 5.74) is 1.83. The van der Waals surface area contributed by atoms with Gasteiger partial charge in [-0.05, 0) is 30.2 Å². The number of aromatic nitrogens is 3. The molecule has 2 aromatic heterocycles. The van der Waals surface area contributed by atoms with Gasteiger partial charge in [0, 0.05) is 50.8 Å². The molecule has 1 amide bonds. The first-order valence-corrected chi connectivity index (χ1v) is 11.7. The zero-order valence-corrected chi connectivity index (χ0v) is 20.0. The van der Waals surface area contributed by atoms with Crippen molar-refractivity contribution in [2.75, 3.05) is 25.1 Å². The van der Waals surface area contributed by atoms with Gasteiger partial charge in [0.15, 0.2) is 12.4 Å². The molecule has 2 fully saturated rings. The Hall–Kier alpha value is -3.27. The summed E-state index contributed by atoms with van der Waals surface area (Å²) in [6.45, 7) is -0.0257. The van der Waals surface area contributed by atoms with Crippen molar-refractivity contribution in [3.8, 4) is 5.75 Å². The molecule has 0 radical (unpaired) electrons. The fraction of sp³-hybridized carbons (Fsp3) is 0.417. The van der Waals surface area contributed by atoms with Crippen LogP contribution in [0.4, 0.5) is 14.7 Å². The Balaban J connectivity index is 1.41. The Morgan fingerprint density at radius 2 is 2.14 bits per heavy atom. The molecule has 3 heterocycles. The Labute approximate surface area is 204 Å². The average molecular weight is 504 g/mol. The average Bonchev–Trinajstić information content (AvgIpc) is 3.38. The number of pyridine rings is 1. The fourth-order valence-corrected chi connectivity index (χ4v) is 5.08. The molecule has 0 spiro atoms. The number of hydrogen-bond donors (Lipinski definition) is 1. The van der Waals surface area contributed by atoms with Gasteiger partial charge in [-0.2, -0.15) is 0 Å². The van der Waals surface area contributed by atoms with E-state index in [1.54, 1.807) is 13.1 Å². The molecule has 2 aliphatic rings. The van der Waals surface area contributed by atoms with Gasteiger partial charge < -0.3 is 19.5 Å². The maximum Gasteiger partial charge on any atom is 0.293 e. The van der Waals surface area contributed by atoms with Gasteiger partial charge in [-0.3, -0.25) is 9.59 Å². The number of nitrogens with one attached hydrogen (secondary N) is 1. The SMILES string of the molecule is CNC(=O)COc1cc2cc(Cc3nc(N4CC5CC4CC5(F)F)ncc3Cl)ccc2n(C)c1=O. The highest BCUT2D eigenvalue weighted by molar-refractivity contribution is 6.31. The van der Waals surface area contributed by atoms with Crippen LogP contribution in [0.25, 0.3) is 10.9 Å². The Morgan fingerprint density at radius 1 is 1.34 bits per heavy atom. The Kier molecular flexibility index (Phi) is 5.86. The number of nitrogens with zero attached hydrogens (tertiary/aromatic N) is 4. The van der Waals surface area contributed by atoms with E-state index in [4.69, 9.17) is 16.3 Å². The number of amides is 1. The van der Waals surface area contributed by atoms with Crippen molar-refractivity contribution in [3.05, 3.63) is 57.1 Å². The van der Waals surface area contributed by atoms with Gasteiger partial charge in [0.05, 0.1) is 22.4 Å². The molecule has 11 heteroatoms. The van der Waals surface area contributed by atoms with E-state index in [9.17, 15) is 18.4 Å². The zero-order valence-electron chi connectivity index (χ0n) is 19.2. The highest BCUT2D eigenvalue weighted by Gasteiger charge is 2.56. The largest absolute Gasteiger partial charge is 0.478 e. The molecular weight excluding hydrogens is 480 g/mol. The summed E-state index contributed by atoms with van der Waals surface area (Å²) in [5.74, 6) is -3.14. The molecule has 3 aromatic rings. The molecule has 2 atom stereocenters. The van der Waals surface area contributed by atoms with Crippen molar-refractivity contribution >= 4 is 34.4 Å².